The Hall–Kier alpha value is -0.729. The summed E-state index contributed by atoms with van der Waals surface area (Å²) in [6, 6.07) is 0. The minimum atomic E-state index is -4.98. The molecule has 57 heavy (non-hydrogen) atoms. The van der Waals surface area contributed by atoms with E-state index in [9.17, 15) is 45.1 Å². The monoisotopic (exact) mass is 980 g/mol. The van der Waals surface area contributed by atoms with Gasteiger partial charge in [-0.3, -0.25) is 19.2 Å². The van der Waals surface area contributed by atoms with Gasteiger partial charge in [-0.2, -0.15) is 0 Å². The van der Waals surface area contributed by atoms with Crippen LogP contribution in [0.4, 0.5) is 0 Å². The zero-order valence-corrected chi connectivity index (χ0v) is 41.7. The van der Waals surface area contributed by atoms with Crippen LogP contribution in [0.3, 0.4) is 0 Å². The molecule has 0 spiro atoms. The number of ether oxygens (including phenoxy) is 4. The first-order chi connectivity index (χ1) is 26.6. The van der Waals surface area contributed by atoms with Gasteiger partial charge in [0.15, 0.2) is 10.5 Å². The van der Waals surface area contributed by atoms with Gasteiger partial charge in [0, 0.05) is 0 Å². The minimum Gasteiger partial charge on any atom is -0.747 e. The summed E-state index contributed by atoms with van der Waals surface area (Å²) >= 11 is 0. The van der Waals surface area contributed by atoms with Gasteiger partial charge in [0.05, 0.1) is 39.3 Å². The number of unbranched alkanes of at least 4 members (excludes halogenated alkanes) is 20. The van der Waals surface area contributed by atoms with Crippen molar-refractivity contribution in [2.45, 2.75) is 205 Å². The van der Waals surface area contributed by atoms with Crippen LogP contribution in [-0.2, 0) is 58.4 Å². The summed E-state index contributed by atoms with van der Waals surface area (Å²) in [6.07, 6.45) is 22.3. The van der Waals surface area contributed by atoms with E-state index < -0.39 is 67.5 Å². The van der Waals surface area contributed by atoms with Crippen molar-refractivity contribution < 1.29 is 64.1 Å². The van der Waals surface area contributed by atoms with Crippen LogP contribution in [0, 0.1) is 0 Å². The second-order valence-corrected chi connectivity index (χ2v) is 17.3. The molecule has 0 aromatic rings. The summed E-state index contributed by atoms with van der Waals surface area (Å²) in [6.45, 7) is 8.88. The van der Waals surface area contributed by atoms with Gasteiger partial charge in [0.2, 0.25) is 0 Å². The quantitative estimate of drug-likeness (QED) is 0.0192. The summed E-state index contributed by atoms with van der Waals surface area (Å²) in [4.78, 5) is 47.4. The third-order valence-electron chi connectivity index (χ3n) is 8.93. The van der Waals surface area contributed by atoms with Crippen molar-refractivity contribution >= 4 is 93.0 Å². The van der Waals surface area contributed by atoms with E-state index in [-0.39, 0.29) is 75.3 Å². The Balaban J connectivity index is -0.00000101. The van der Waals surface area contributed by atoms with Crippen molar-refractivity contribution in [1.29, 1.82) is 0 Å². The topological polar surface area (TPSA) is 220 Å². The molecule has 0 N–H and O–H groups in total. The maximum atomic E-state index is 11.9. The van der Waals surface area contributed by atoms with Crippen LogP contribution in [0.1, 0.15) is 195 Å². The van der Waals surface area contributed by atoms with Crippen molar-refractivity contribution in [3.63, 3.8) is 0 Å². The summed E-state index contributed by atoms with van der Waals surface area (Å²) in [5.41, 5.74) is 0. The van der Waals surface area contributed by atoms with Crippen LogP contribution >= 0.6 is 0 Å². The van der Waals surface area contributed by atoms with Gasteiger partial charge in [0.1, 0.15) is 20.2 Å². The molecule has 0 bridgehead atoms. The van der Waals surface area contributed by atoms with E-state index in [1.807, 2.05) is 0 Å². The van der Waals surface area contributed by atoms with Gasteiger partial charge in [-0.15, -0.1) is 0 Å². The smallest absolute Gasteiger partial charge is 0.747 e. The van der Waals surface area contributed by atoms with E-state index in [1.54, 1.807) is 0 Å². The Morgan fingerprint density at radius 3 is 0.825 bits per heavy atom. The van der Waals surface area contributed by atoms with Crippen molar-refractivity contribution in [2.24, 2.45) is 0 Å². The first-order valence-electron chi connectivity index (χ1n) is 21.2. The molecule has 0 amide bonds. The zero-order valence-electron chi connectivity index (χ0n) is 35.6. The van der Waals surface area contributed by atoms with Crippen molar-refractivity contribution in [1.82, 2.24) is 0 Å². The van der Waals surface area contributed by atoms with Crippen LogP contribution < -0.4 is 0 Å². The third-order valence-corrected chi connectivity index (χ3v) is 11.0. The SMILES string of the molecule is CCCCCCCCOC(=O)CC(C(=O)OCCCCCCCC)S(=O)(=O)[O-].CCCCCCCCOC(=O)CC(C(=O)OCCCCCCCC)S(=O)(=O)[O-].[Ba+2]. The maximum absolute atomic E-state index is 11.9. The van der Waals surface area contributed by atoms with E-state index in [4.69, 9.17) is 18.9 Å². The molecule has 0 aromatic carbocycles. The largest absolute Gasteiger partial charge is 2.00 e. The average Bonchev–Trinajstić information content (AvgIpc) is 3.13. The molecule has 0 aliphatic rings. The molecule has 0 aliphatic carbocycles. The second kappa shape index (κ2) is 40.7. The summed E-state index contributed by atoms with van der Waals surface area (Å²) in [5, 5.41) is -4.07. The fourth-order valence-corrected chi connectivity index (χ4v) is 6.75. The predicted octanol–water partition coefficient (Wildman–Crippen LogP) is 7.81. The number of rotatable bonds is 36. The van der Waals surface area contributed by atoms with Crippen molar-refractivity contribution in [3.8, 4) is 0 Å². The molecule has 0 heterocycles. The first-order valence-corrected chi connectivity index (χ1v) is 24.1. The Labute approximate surface area is 385 Å². The van der Waals surface area contributed by atoms with Crippen LogP contribution in [0.15, 0.2) is 0 Å². The predicted molar refractivity (Wildman–Crippen MR) is 219 cm³/mol. The minimum absolute atomic E-state index is 0. The molecule has 2 unspecified atom stereocenters. The van der Waals surface area contributed by atoms with Gasteiger partial charge in [0.25, 0.3) is 0 Å². The van der Waals surface area contributed by atoms with E-state index in [2.05, 4.69) is 27.7 Å². The number of hydrogen-bond acceptors (Lipinski definition) is 14. The maximum Gasteiger partial charge on any atom is 2.00 e. The van der Waals surface area contributed by atoms with Crippen molar-refractivity contribution in [2.75, 3.05) is 26.4 Å². The summed E-state index contributed by atoms with van der Waals surface area (Å²) in [7, 11) is -9.97. The molecule has 0 radical (unpaired) electrons. The number of esters is 4. The molecule has 0 rings (SSSR count). The van der Waals surface area contributed by atoms with Gasteiger partial charge < -0.3 is 28.1 Å². The van der Waals surface area contributed by atoms with E-state index in [1.165, 1.54) is 12.8 Å². The van der Waals surface area contributed by atoms with Gasteiger partial charge in [-0.25, -0.2) is 16.8 Å². The zero-order chi connectivity index (χ0) is 42.5. The van der Waals surface area contributed by atoms with E-state index >= 15 is 0 Å². The molecule has 14 nitrogen and oxygen atoms in total. The Morgan fingerprint density at radius 2 is 0.596 bits per heavy atom. The fraction of sp³-hybridized carbons (Fsp3) is 0.900. The molecule has 2 atom stereocenters. The van der Waals surface area contributed by atoms with Crippen LogP contribution in [0.25, 0.3) is 0 Å². The molecular weight excluding hydrogens is 906 g/mol. The first kappa shape index (κ1) is 60.6. The molecule has 17 heteroatoms. The average molecular weight is 980 g/mol. The Kier molecular flexibility index (Phi) is 43.2. The summed E-state index contributed by atoms with van der Waals surface area (Å²) < 4.78 is 87.7. The van der Waals surface area contributed by atoms with Crippen LogP contribution in [-0.4, -0.2) is 136 Å². The summed E-state index contributed by atoms with van der Waals surface area (Å²) in [5.74, 6) is -4.07. The number of carbonyl (C=O) groups is 4. The third kappa shape index (κ3) is 39.2. The molecule has 0 fully saturated rings. The molecule has 0 aromatic heterocycles. The standard InChI is InChI=1S/2C20H38O7S.Ba/c2*1-3-5-7-9-11-13-15-26-19(21)17-18(28(23,24)25)20(22)27-16-14-12-10-8-6-4-2;/h2*18H,3-17H2,1-2H3,(H,23,24,25);/q;;+2/p-2. The molecule has 332 valence electrons. The number of hydrogen-bond donors (Lipinski definition) is 0. The molecule has 0 aliphatic heterocycles. The van der Waals surface area contributed by atoms with Gasteiger partial charge in [-0.05, 0) is 25.7 Å². The molecule has 0 saturated heterocycles. The Morgan fingerprint density at radius 1 is 0.386 bits per heavy atom. The van der Waals surface area contributed by atoms with E-state index in [0.717, 1.165) is 116 Å². The van der Waals surface area contributed by atoms with Crippen LogP contribution in [0.2, 0.25) is 0 Å². The molecular formula is C40H74BaO14S2. The van der Waals surface area contributed by atoms with Gasteiger partial charge >= 0.3 is 72.8 Å². The second-order valence-electron chi connectivity index (χ2n) is 14.2. The fourth-order valence-electron chi connectivity index (χ4n) is 5.46. The van der Waals surface area contributed by atoms with E-state index in [0.29, 0.717) is 25.7 Å². The van der Waals surface area contributed by atoms with Crippen LogP contribution in [0.5, 0.6) is 0 Å². The molecule has 0 saturated carbocycles. The van der Waals surface area contributed by atoms with Crippen molar-refractivity contribution in [3.05, 3.63) is 0 Å². The Bertz CT molecular complexity index is 1130. The normalized spacial score (nSPS) is 12.3. The van der Waals surface area contributed by atoms with Gasteiger partial charge in [-0.1, -0.05) is 156 Å². The number of carbonyl (C=O) groups excluding carboxylic acids is 4.